The van der Waals surface area contributed by atoms with Crippen LogP contribution in [-0.2, 0) is 0 Å². The first-order valence-electron chi connectivity index (χ1n) is 5.74. The number of aliphatic hydroxyl groups excluding tert-OH is 1. The molecular formula is C13H20OS. The second kappa shape index (κ2) is 3.91. The molecule has 1 fully saturated rings. The molecule has 0 aromatic carbocycles. The maximum Gasteiger partial charge on any atom is 0.0917 e. The maximum absolute atomic E-state index is 10.4. The van der Waals surface area contributed by atoms with E-state index in [2.05, 4.69) is 32.2 Å². The zero-order chi connectivity index (χ0) is 11.1. The lowest BCUT2D eigenvalue weighted by Crippen LogP contribution is -2.23. The minimum atomic E-state index is -0.248. The van der Waals surface area contributed by atoms with Gasteiger partial charge in [-0.05, 0) is 48.1 Å². The Morgan fingerprint density at radius 3 is 2.73 bits per heavy atom. The molecule has 2 heteroatoms. The predicted molar refractivity (Wildman–Crippen MR) is 65.1 cm³/mol. The molecule has 84 valence electrons. The average Bonchev–Trinajstić information content (AvgIpc) is 2.70. The lowest BCUT2D eigenvalue weighted by atomic mass is 9.78. The van der Waals surface area contributed by atoms with Gasteiger partial charge < -0.3 is 5.11 Å². The molecular weight excluding hydrogens is 204 g/mol. The van der Waals surface area contributed by atoms with Crippen LogP contribution >= 0.6 is 11.3 Å². The Bertz CT molecular complexity index is 340. The van der Waals surface area contributed by atoms with Crippen LogP contribution in [0.2, 0.25) is 0 Å². The first kappa shape index (κ1) is 11.2. The molecule has 0 aliphatic heterocycles. The highest BCUT2D eigenvalue weighted by molar-refractivity contribution is 7.10. The number of hydrogen-bond acceptors (Lipinski definition) is 2. The second-order valence-corrected chi connectivity index (χ2v) is 6.35. The van der Waals surface area contributed by atoms with Crippen molar-refractivity contribution in [3.63, 3.8) is 0 Å². The quantitative estimate of drug-likeness (QED) is 0.807. The van der Waals surface area contributed by atoms with Gasteiger partial charge in [0.25, 0.3) is 0 Å². The van der Waals surface area contributed by atoms with E-state index in [1.54, 1.807) is 11.3 Å². The fourth-order valence-corrected chi connectivity index (χ4v) is 3.79. The highest BCUT2D eigenvalue weighted by Crippen LogP contribution is 2.49. The summed E-state index contributed by atoms with van der Waals surface area (Å²) in [6.07, 6.45) is 3.44. The average molecular weight is 224 g/mol. The van der Waals surface area contributed by atoms with E-state index in [0.717, 1.165) is 0 Å². The molecule has 0 amide bonds. The number of aliphatic hydroxyl groups is 1. The van der Waals surface area contributed by atoms with Crippen LogP contribution in [0.15, 0.2) is 11.4 Å². The molecule has 1 nitrogen and oxygen atoms in total. The van der Waals surface area contributed by atoms with Gasteiger partial charge in [-0.3, -0.25) is 0 Å². The van der Waals surface area contributed by atoms with Gasteiger partial charge >= 0.3 is 0 Å². The SMILES string of the molecule is Cc1ccsc1C(O)C1CCCC1(C)C. The van der Waals surface area contributed by atoms with Crippen LogP contribution in [0.25, 0.3) is 0 Å². The summed E-state index contributed by atoms with van der Waals surface area (Å²) in [5, 5.41) is 12.5. The molecule has 2 unspecified atom stereocenters. The van der Waals surface area contributed by atoms with Crippen molar-refractivity contribution in [3.8, 4) is 0 Å². The largest absolute Gasteiger partial charge is 0.387 e. The van der Waals surface area contributed by atoms with E-state index < -0.39 is 0 Å². The van der Waals surface area contributed by atoms with Gasteiger partial charge in [0.2, 0.25) is 0 Å². The van der Waals surface area contributed by atoms with Gasteiger partial charge in [0, 0.05) is 4.88 Å². The third-order valence-electron chi connectivity index (χ3n) is 3.89. The van der Waals surface area contributed by atoms with Crippen molar-refractivity contribution in [1.82, 2.24) is 0 Å². The maximum atomic E-state index is 10.4. The van der Waals surface area contributed by atoms with E-state index in [0.29, 0.717) is 11.3 Å². The van der Waals surface area contributed by atoms with Crippen molar-refractivity contribution in [2.75, 3.05) is 0 Å². The number of aryl methyl sites for hydroxylation is 1. The minimum absolute atomic E-state index is 0.248. The van der Waals surface area contributed by atoms with E-state index in [1.807, 2.05) is 0 Å². The van der Waals surface area contributed by atoms with Crippen molar-refractivity contribution < 1.29 is 5.11 Å². The van der Waals surface area contributed by atoms with Crippen LogP contribution in [0.3, 0.4) is 0 Å². The van der Waals surface area contributed by atoms with Crippen LogP contribution < -0.4 is 0 Å². The number of rotatable bonds is 2. The van der Waals surface area contributed by atoms with Crippen molar-refractivity contribution in [3.05, 3.63) is 21.9 Å². The molecule has 2 rings (SSSR count). The molecule has 2 atom stereocenters. The van der Waals surface area contributed by atoms with Crippen LogP contribution in [-0.4, -0.2) is 5.11 Å². The number of hydrogen-bond donors (Lipinski definition) is 1. The van der Waals surface area contributed by atoms with E-state index in [1.165, 1.54) is 29.7 Å². The molecule has 0 saturated heterocycles. The standard InChI is InChI=1S/C13H20OS/c1-9-6-8-15-12(9)11(14)10-5-4-7-13(10,2)3/h6,8,10-11,14H,4-5,7H2,1-3H3. The molecule has 0 bridgehead atoms. The normalized spacial score (nSPS) is 26.8. The van der Waals surface area contributed by atoms with Gasteiger partial charge in [0.15, 0.2) is 0 Å². The number of thiophene rings is 1. The molecule has 1 aliphatic carbocycles. The Morgan fingerprint density at radius 2 is 2.27 bits per heavy atom. The topological polar surface area (TPSA) is 20.2 Å². The monoisotopic (exact) mass is 224 g/mol. The first-order valence-corrected chi connectivity index (χ1v) is 6.62. The summed E-state index contributed by atoms with van der Waals surface area (Å²) in [6, 6.07) is 2.10. The van der Waals surface area contributed by atoms with Crippen LogP contribution in [0, 0.1) is 18.3 Å². The molecule has 1 aromatic heterocycles. The van der Waals surface area contributed by atoms with Crippen LogP contribution in [0.5, 0.6) is 0 Å². The summed E-state index contributed by atoms with van der Waals surface area (Å²) in [7, 11) is 0. The lowest BCUT2D eigenvalue weighted by molar-refractivity contribution is 0.0554. The van der Waals surface area contributed by atoms with E-state index in [9.17, 15) is 5.11 Å². The predicted octanol–water partition coefficient (Wildman–Crippen LogP) is 3.92. The molecule has 0 radical (unpaired) electrons. The van der Waals surface area contributed by atoms with Crippen molar-refractivity contribution >= 4 is 11.3 Å². The minimum Gasteiger partial charge on any atom is -0.387 e. The Labute approximate surface area is 96.1 Å². The zero-order valence-electron chi connectivity index (χ0n) is 9.79. The second-order valence-electron chi connectivity index (χ2n) is 5.40. The Morgan fingerprint density at radius 1 is 1.53 bits per heavy atom. The molecule has 15 heavy (non-hydrogen) atoms. The van der Waals surface area contributed by atoms with Crippen molar-refractivity contribution in [1.29, 1.82) is 0 Å². The fraction of sp³-hybridized carbons (Fsp3) is 0.692. The Balaban J connectivity index is 2.21. The molecule has 1 N–H and O–H groups in total. The van der Waals surface area contributed by atoms with Crippen molar-refractivity contribution in [2.45, 2.75) is 46.1 Å². The van der Waals surface area contributed by atoms with E-state index >= 15 is 0 Å². The van der Waals surface area contributed by atoms with Gasteiger partial charge in [0.1, 0.15) is 0 Å². The molecule has 1 saturated carbocycles. The fourth-order valence-electron chi connectivity index (χ4n) is 2.81. The van der Waals surface area contributed by atoms with Gasteiger partial charge in [0.05, 0.1) is 6.10 Å². The first-order chi connectivity index (χ1) is 7.02. The zero-order valence-corrected chi connectivity index (χ0v) is 10.6. The Kier molecular flexibility index (Phi) is 2.91. The van der Waals surface area contributed by atoms with E-state index in [-0.39, 0.29) is 6.10 Å². The van der Waals surface area contributed by atoms with Gasteiger partial charge in [-0.25, -0.2) is 0 Å². The molecule has 1 aromatic rings. The summed E-state index contributed by atoms with van der Waals surface area (Å²) < 4.78 is 0. The highest BCUT2D eigenvalue weighted by Gasteiger charge is 2.40. The third-order valence-corrected chi connectivity index (χ3v) is 4.98. The summed E-state index contributed by atoms with van der Waals surface area (Å²) in [4.78, 5) is 1.18. The van der Waals surface area contributed by atoms with Gasteiger partial charge in [-0.2, -0.15) is 0 Å². The Hall–Kier alpha value is -0.340. The smallest absolute Gasteiger partial charge is 0.0917 e. The molecule has 1 heterocycles. The van der Waals surface area contributed by atoms with Gasteiger partial charge in [-0.15, -0.1) is 11.3 Å². The third kappa shape index (κ3) is 1.98. The summed E-state index contributed by atoms with van der Waals surface area (Å²) >= 11 is 1.70. The summed E-state index contributed by atoms with van der Waals surface area (Å²) in [5.41, 5.74) is 1.55. The molecule has 1 aliphatic rings. The lowest BCUT2D eigenvalue weighted by Gasteiger charge is -2.31. The summed E-state index contributed by atoms with van der Waals surface area (Å²) in [6.45, 7) is 6.67. The van der Waals surface area contributed by atoms with Crippen LogP contribution in [0.4, 0.5) is 0 Å². The van der Waals surface area contributed by atoms with E-state index in [4.69, 9.17) is 0 Å². The highest BCUT2D eigenvalue weighted by atomic mass is 32.1. The van der Waals surface area contributed by atoms with Gasteiger partial charge in [-0.1, -0.05) is 20.3 Å². The van der Waals surface area contributed by atoms with Crippen LogP contribution in [0.1, 0.15) is 49.7 Å². The van der Waals surface area contributed by atoms with Crippen molar-refractivity contribution in [2.24, 2.45) is 11.3 Å². The summed E-state index contributed by atoms with van der Waals surface area (Å²) in [5.74, 6) is 0.440. The molecule has 0 spiro atoms.